The van der Waals surface area contributed by atoms with Crippen LogP contribution in [-0.4, -0.2) is 31.1 Å². The Bertz CT molecular complexity index is 267. The first-order valence-electron chi connectivity index (χ1n) is 5.77. The van der Waals surface area contributed by atoms with Crippen molar-refractivity contribution in [3.63, 3.8) is 0 Å². The summed E-state index contributed by atoms with van der Waals surface area (Å²) in [4.78, 5) is 2.40. The Balaban J connectivity index is 1.53. The molecule has 2 rings (SSSR count). The van der Waals surface area contributed by atoms with E-state index < -0.39 is 0 Å². The molecule has 1 aromatic heterocycles. The molecule has 2 nitrogen and oxygen atoms in total. The third-order valence-electron chi connectivity index (χ3n) is 2.76. The van der Waals surface area contributed by atoms with Crippen molar-refractivity contribution in [3.8, 4) is 0 Å². The lowest BCUT2D eigenvalue weighted by Crippen LogP contribution is -2.24. The summed E-state index contributed by atoms with van der Waals surface area (Å²) < 4.78 is 0. The van der Waals surface area contributed by atoms with E-state index in [0.717, 1.165) is 12.6 Å². The molecule has 0 unspecified atom stereocenters. The minimum atomic E-state index is 0.854. The van der Waals surface area contributed by atoms with E-state index in [4.69, 9.17) is 0 Å². The summed E-state index contributed by atoms with van der Waals surface area (Å²) >= 11 is 1.78. The smallest absolute Gasteiger partial charge is 0.0238 e. The summed E-state index contributed by atoms with van der Waals surface area (Å²) in [6.45, 7) is 3.46. The molecule has 1 aliphatic carbocycles. The Morgan fingerprint density at radius 2 is 2.40 bits per heavy atom. The van der Waals surface area contributed by atoms with E-state index in [-0.39, 0.29) is 0 Å². The molecule has 0 spiro atoms. The first kappa shape index (κ1) is 11.1. The largest absolute Gasteiger partial charge is 0.314 e. The number of nitrogens with zero attached hydrogens (tertiary/aromatic N) is 1. The first-order valence-corrected chi connectivity index (χ1v) is 6.72. The molecule has 0 amide bonds. The van der Waals surface area contributed by atoms with Crippen LogP contribution in [0.25, 0.3) is 0 Å². The van der Waals surface area contributed by atoms with Gasteiger partial charge in [-0.25, -0.2) is 0 Å². The Hall–Kier alpha value is -0.380. The molecule has 1 heterocycles. The molecule has 0 aromatic carbocycles. The van der Waals surface area contributed by atoms with Crippen molar-refractivity contribution in [1.29, 1.82) is 0 Å². The quantitative estimate of drug-likeness (QED) is 0.715. The van der Waals surface area contributed by atoms with Crippen LogP contribution in [0.15, 0.2) is 16.8 Å². The van der Waals surface area contributed by atoms with Crippen LogP contribution in [0.4, 0.5) is 0 Å². The van der Waals surface area contributed by atoms with Crippen LogP contribution in [-0.2, 0) is 6.54 Å². The van der Waals surface area contributed by atoms with Crippen molar-refractivity contribution in [1.82, 2.24) is 10.2 Å². The van der Waals surface area contributed by atoms with Crippen LogP contribution in [0.1, 0.15) is 24.8 Å². The zero-order valence-electron chi connectivity index (χ0n) is 9.41. The number of nitrogens with one attached hydrogen (secondary N) is 1. The summed E-state index contributed by atoms with van der Waals surface area (Å²) in [7, 11) is 2.20. The lowest BCUT2D eigenvalue weighted by Gasteiger charge is -2.15. The Labute approximate surface area is 96.3 Å². The first-order chi connectivity index (χ1) is 7.34. The van der Waals surface area contributed by atoms with Gasteiger partial charge >= 0.3 is 0 Å². The Morgan fingerprint density at radius 1 is 1.53 bits per heavy atom. The average Bonchev–Trinajstić information content (AvgIpc) is 2.91. The van der Waals surface area contributed by atoms with Gasteiger partial charge in [-0.05, 0) is 61.8 Å². The lowest BCUT2D eigenvalue weighted by molar-refractivity contribution is 0.320. The standard InChI is InChI=1S/C12H20N2S/c1-14(9-11-5-8-15-10-11)7-2-6-13-12-3-4-12/h5,8,10,12-13H,2-4,6-7,9H2,1H3. The number of hydrogen-bond donors (Lipinski definition) is 1. The van der Waals surface area contributed by atoms with Crippen molar-refractivity contribution in [2.45, 2.75) is 31.8 Å². The molecule has 15 heavy (non-hydrogen) atoms. The number of rotatable bonds is 7. The molecule has 1 aromatic rings. The van der Waals surface area contributed by atoms with Crippen LogP contribution in [0.5, 0.6) is 0 Å². The van der Waals surface area contributed by atoms with E-state index in [9.17, 15) is 0 Å². The highest BCUT2D eigenvalue weighted by Gasteiger charge is 2.19. The maximum Gasteiger partial charge on any atom is 0.0238 e. The van der Waals surface area contributed by atoms with Gasteiger partial charge in [0.25, 0.3) is 0 Å². The van der Waals surface area contributed by atoms with Crippen molar-refractivity contribution in [2.24, 2.45) is 0 Å². The zero-order valence-corrected chi connectivity index (χ0v) is 10.2. The third kappa shape index (κ3) is 4.33. The second-order valence-electron chi connectivity index (χ2n) is 4.45. The summed E-state index contributed by atoms with van der Waals surface area (Å²) in [5.74, 6) is 0. The topological polar surface area (TPSA) is 15.3 Å². The van der Waals surface area contributed by atoms with E-state index in [1.807, 2.05) is 0 Å². The molecule has 1 N–H and O–H groups in total. The highest BCUT2D eigenvalue weighted by molar-refractivity contribution is 7.07. The SMILES string of the molecule is CN(CCCNC1CC1)Cc1ccsc1. The summed E-state index contributed by atoms with van der Waals surface area (Å²) in [6, 6.07) is 3.07. The fourth-order valence-electron chi connectivity index (χ4n) is 1.72. The lowest BCUT2D eigenvalue weighted by atomic mass is 10.3. The van der Waals surface area contributed by atoms with Gasteiger partial charge in [-0.2, -0.15) is 11.3 Å². The summed E-state index contributed by atoms with van der Waals surface area (Å²) in [6.07, 6.45) is 4.05. The monoisotopic (exact) mass is 224 g/mol. The second-order valence-corrected chi connectivity index (χ2v) is 5.23. The normalized spacial score (nSPS) is 16.1. The van der Waals surface area contributed by atoms with Crippen molar-refractivity contribution < 1.29 is 0 Å². The maximum absolute atomic E-state index is 3.55. The van der Waals surface area contributed by atoms with Gasteiger partial charge < -0.3 is 10.2 Å². The predicted molar refractivity (Wildman–Crippen MR) is 66.3 cm³/mol. The van der Waals surface area contributed by atoms with Crippen LogP contribution < -0.4 is 5.32 Å². The molecule has 84 valence electrons. The fraction of sp³-hybridized carbons (Fsp3) is 0.667. The second kappa shape index (κ2) is 5.64. The van der Waals surface area contributed by atoms with Crippen LogP contribution >= 0.6 is 11.3 Å². The van der Waals surface area contributed by atoms with Gasteiger partial charge in [0.1, 0.15) is 0 Å². The number of thiophene rings is 1. The van der Waals surface area contributed by atoms with Crippen molar-refractivity contribution in [2.75, 3.05) is 20.1 Å². The van der Waals surface area contributed by atoms with E-state index in [1.165, 1.54) is 37.9 Å². The van der Waals surface area contributed by atoms with Gasteiger partial charge in [-0.3, -0.25) is 0 Å². The fourth-order valence-corrected chi connectivity index (χ4v) is 2.38. The summed E-state index contributed by atoms with van der Waals surface area (Å²) in [5, 5.41) is 7.93. The van der Waals surface area contributed by atoms with E-state index in [0.29, 0.717) is 0 Å². The van der Waals surface area contributed by atoms with Crippen LogP contribution in [0, 0.1) is 0 Å². The molecule has 1 aliphatic rings. The molecular weight excluding hydrogens is 204 g/mol. The van der Waals surface area contributed by atoms with Crippen molar-refractivity contribution in [3.05, 3.63) is 22.4 Å². The van der Waals surface area contributed by atoms with E-state index >= 15 is 0 Å². The van der Waals surface area contributed by atoms with Gasteiger partial charge in [0, 0.05) is 12.6 Å². The molecule has 0 aliphatic heterocycles. The molecule has 0 bridgehead atoms. The molecule has 0 atom stereocenters. The van der Waals surface area contributed by atoms with E-state index in [2.05, 4.69) is 34.1 Å². The molecule has 0 radical (unpaired) electrons. The van der Waals surface area contributed by atoms with Gasteiger partial charge in [-0.1, -0.05) is 0 Å². The molecule has 1 fully saturated rings. The van der Waals surface area contributed by atoms with E-state index in [1.54, 1.807) is 11.3 Å². The summed E-state index contributed by atoms with van der Waals surface area (Å²) in [5.41, 5.74) is 1.44. The van der Waals surface area contributed by atoms with Crippen LogP contribution in [0.3, 0.4) is 0 Å². The highest BCUT2D eigenvalue weighted by atomic mass is 32.1. The Kier molecular flexibility index (Phi) is 4.18. The third-order valence-corrected chi connectivity index (χ3v) is 3.49. The van der Waals surface area contributed by atoms with Gasteiger partial charge in [0.2, 0.25) is 0 Å². The van der Waals surface area contributed by atoms with Crippen LogP contribution in [0.2, 0.25) is 0 Å². The van der Waals surface area contributed by atoms with Gasteiger partial charge in [-0.15, -0.1) is 0 Å². The maximum atomic E-state index is 3.55. The molecular formula is C12H20N2S. The zero-order chi connectivity index (χ0) is 10.5. The van der Waals surface area contributed by atoms with Crippen molar-refractivity contribution >= 4 is 11.3 Å². The molecule has 0 saturated heterocycles. The average molecular weight is 224 g/mol. The highest BCUT2D eigenvalue weighted by Crippen LogP contribution is 2.18. The minimum Gasteiger partial charge on any atom is -0.314 e. The molecule has 3 heteroatoms. The number of hydrogen-bond acceptors (Lipinski definition) is 3. The predicted octanol–water partition coefficient (Wildman–Crippen LogP) is 2.32. The Morgan fingerprint density at radius 3 is 3.07 bits per heavy atom. The van der Waals surface area contributed by atoms with Gasteiger partial charge in [0.15, 0.2) is 0 Å². The van der Waals surface area contributed by atoms with Gasteiger partial charge in [0.05, 0.1) is 0 Å². The minimum absolute atomic E-state index is 0.854. The molecule has 1 saturated carbocycles.